The summed E-state index contributed by atoms with van der Waals surface area (Å²) in [7, 11) is 3.14. The molecular weight excluding hydrogens is 556 g/mol. The number of amides is 2. The average Bonchev–Trinajstić information content (AvgIpc) is 2.94. The van der Waals surface area contributed by atoms with E-state index in [-0.39, 0.29) is 48.1 Å². The molecule has 0 radical (unpaired) electrons. The molecule has 12 heteroatoms. The number of rotatable bonds is 6. The molecule has 0 bridgehead atoms. The maximum atomic E-state index is 14.1. The van der Waals surface area contributed by atoms with Crippen molar-refractivity contribution in [3.05, 3.63) is 81.1 Å². The van der Waals surface area contributed by atoms with Crippen LogP contribution in [-0.2, 0) is 22.6 Å². The van der Waals surface area contributed by atoms with Crippen molar-refractivity contribution < 1.29 is 39.6 Å². The smallest absolute Gasteiger partial charge is 0.255 e. The molecule has 43 heavy (non-hydrogen) atoms. The zero-order chi connectivity index (χ0) is 31.5. The molecule has 7 N–H and O–H groups in total. The Labute approximate surface area is 247 Å². The number of allylic oxidation sites excluding steroid dienone is 1. The number of primary amides is 1. The molecule has 0 unspecified atom stereocenters. The number of aliphatic hydroxyl groups excluding tert-OH is 2. The van der Waals surface area contributed by atoms with Crippen LogP contribution in [0.4, 0.5) is 0 Å². The van der Waals surface area contributed by atoms with Gasteiger partial charge in [0.2, 0.25) is 5.78 Å². The maximum absolute atomic E-state index is 14.1. The lowest BCUT2D eigenvalue weighted by atomic mass is 9.58. The predicted octanol–water partition coefficient (Wildman–Crippen LogP) is 1.57. The summed E-state index contributed by atoms with van der Waals surface area (Å²) < 4.78 is 0. The van der Waals surface area contributed by atoms with E-state index in [1.54, 1.807) is 38.5 Å². The number of hydrogen-bond acceptors (Lipinski definition) is 10. The van der Waals surface area contributed by atoms with Gasteiger partial charge in [-0.25, -0.2) is 0 Å². The van der Waals surface area contributed by atoms with Gasteiger partial charge >= 0.3 is 0 Å². The van der Waals surface area contributed by atoms with Crippen molar-refractivity contribution in [1.29, 1.82) is 0 Å². The number of hydrogen-bond donors (Lipinski definition) is 6. The van der Waals surface area contributed by atoms with E-state index in [4.69, 9.17) is 5.73 Å². The first kappa shape index (κ1) is 29.9. The molecule has 1 aromatic heterocycles. The molecule has 3 aliphatic rings. The molecule has 2 amide bonds. The van der Waals surface area contributed by atoms with Crippen molar-refractivity contribution in [2.24, 2.45) is 17.6 Å². The minimum atomic E-state index is -2.71. The summed E-state index contributed by atoms with van der Waals surface area (Å²) in [6.07, 6.45) is 3.07. The number of fused-ring (bicyclic) bond motifs is 3. The minimum absolute atomic E-state index is 0.0266. The van der Waals surface area contributed by atoms with Crippen molar-refractivity contribution >= 4 is 23.4 Å². The van der Waals surface area contributed by atoms with E-state index in [1.807, 2.05) is 13.8 Å². The Hall–Kier alpha value is -4.55. The van der Waals surface area contributed by atoms with Gasteiger partial charge in [-0.1, -0.05) is 13.8 Å². The Kier molecular flexibility index (Phi) is 7.39. The van der Waals surface area contributed by atoms with Crippen LogP contribution in [0.25, 0.3) is 0 Å². The third kappa shape index (κ3) is 4.48. The summed E-state index contributed by atoms with van der Waals surface area (Å²) in [6.45, 7) is 3.68. The van der Waals surface area contributed by atoms with Crippen LogP contribution in [0.5, 0.6) is 5.75 Å². The molecule has 3 aliphatic carbocycles. The molecule has 1 heterocycles. The van der Waals surface area contributed by atoms with E-state index in [9.17, 15) is 39.6 Å². The number of Topliss-reactive ketones (excluding diaryl/α,β-unsaturated/α-hetero) is 2. The summed E-state index contributed by atoms with van der Waals surface area (Å²) in [4.78, 5) is 58.1. The molecule has 1 aromatic carbocycles. The third-order valence-electron chi connectivity index (χ3n) is 8.83. The second-order valence-corrected chi connectivity index (χ2v) is 11.9. The summed E-state index contributed by atoms with van der Waals surface area (Å²) in [5.41, 5.74) is 3.34. The first-order valence-electron chi connectivity index (χ1n) is 13.9. The molecule has 0 saturated heterocycles. The number of benzene rings is 1. The number of phenols is 1. The predicted molar refractivity (Wildman–Crippen MR) is 153 cm³/mol. The Morgan fingerprint density at radius 3 is 2.49 bits per heavy atom. The van der Waals surface area contributed by atoms with Gasteiger partial charge in [-0.2, -0.15) is 0 Å². The quantitative estimate of drug-likeness (QED) is 0.268. The molecule has 12 nitrogen and oxygen atoms in total. The zero-order valence-electron chi connectivity index (χ0n) is 24.2. The van der Waals surface area contributed by atoms with Gasteiger partial charge < -0.3 is 31.5 Å². The number of ketones is 2. The summed E-state index contributed by atoms with van der Waals surface area (Å²) in [5.74, 6) is -7.64. The lowest BCUT2D eigenvalue weighted by Gasteiger charge is -2.50. The van der Waals surface area contributed by atoms with E-state index >= 15 is 0 Å². The van der Waals surface area contributed by atoms with Crippen LogP contribution in [0.2, 0.25) is 0 Å². The molecule has 0 aliphatic heterocycles. The molecule has 226 valence electrons. The lowest BCUT2D eigenvalue weighted by molar-refractivity contribution is -0.148. The fourth-order valence-electron chi connectivity index (χ4n) is 6.79. The molecular formula is C31H34N4O8. The molecule has 0 spiro atoms. The fourth-order valence-corrected chi connectivity index (χ4v) is 6.79. The summed E-state index contributed by atoms with van der Waals surface area (Å²) >= 11 is 0. The van der Waals surface area contributed by atoms with E-state index in [1.165, 1.54) is 11.1 Å². The number of nitrogens with one attached hydrogen (secondary N) is 1. The summed E-state index contributed by atoms with van der Waals surface area (Å²) in [5, 5.41) is 48.4. The normalized spacial score (nSPS) is 25.0. The van der Waals surface area contributed by atoms with Gasteiger partial charge in [0.25, 0.3) is 11.8 Å². The minimum Gasteiger partial charge on any atom is -0.510 e. The Balaban J connectivity index is 1.65. The number of pyridine rings is 1. The van der Waals surface area contributed by atoms with Crippen molar-refractivity contribution in [3.8, 4) is 5.75 Å². The number of aromatic hydroxyl groups is 1. The fraction of sp³-hybridized carbons (Fsp3) is 0.387. The molecule has 4 atom stereocenters. The van der Waals surface area contributed by atoms with Crippen LogP contribution in [0.15, 0.2) is 53.3 Å². The number of likely N-dealkylation sites (N-methyl/N-ethyl adjacent to an activating group) is 1. The van der Waals surface area contributed by atoms with E-state index in [0.29, 0.717) is 22.3 Å². The van der Waals surface area contributed by atoms with E-state index in [0.717, 1.165) is 0 Å². The summed E-state index contributed by atoms with van der Waals surface area (Å²) in [6, 6.07) is 3.90. The second kappa shape index (κ2) is 10.6. The second-order valence-electron chi connectivity index (χ2n) is 11.9. The van der Waals surface area contributed by atoms with Gasteiger partial charge in [-0.15, -0.1) is 0 Å². The van der Waals surface area contributed by atoms with Gasteiger partial charge in [-0.3, -0.25) is 29.1 Å². The SMILES string of the molecule is CC(C)c1cc(CNC(=O)c2cccnc2)c2c(c1O)C(=O)C1=C(O)[C@]3(O)C(=O)C(C(N)=O)=C(O)[C@@H](N(C)C)[C@@H]3C[C@@H]1C2. The van der Waals surface area contributed by atoms with Crippen molar-refractivity contribution in [1.82, 2.24) is 15.2 Å². The van der Waals surface area contributed by atoms with E-state index < -0.39 is 58.0 Å². The highest BCUT2D eigenvalue weighted by molar-refractivity contribution is 6.24. The van der Waals surface area contributed by atoms with Gasteiger partial charge in [0.15, 0.2) is 11.4 Å². The van der Waals surface area contributed by atoms with Crippen LogP contribution < -0.4 is 11.1 Å². The largest absolute Gasteiger partial charge is 0.510 e. The van der Waals surface area contributed by atoms with Crippen LogP contribution in [0, 0.1) is 11.8 Å². The number of aliphatic hydroxyl groups is 3. The monoisotopic (exact) mass is 590 g/mol. The topological polar surface area (TPSA) is 203 Å². The Morgan fingerprint density at radius 1 is 1.21 bits per heavy atom. The van der Waals surface area contributed by atoms with Crippen LogP contribution in [-0.4, -0.2) is 79.4 Å². The highest BCUT2D eigenvalue weighted by atomic mass is 16.3. The highest BCUT2D eigenvalue weighted by Gasteiger charge is 2.63. The maximum Gasteiger partial charge on any atom is 0.255 e. The number of nitrogens with zero attached hydrogens (tertiary/aromatic N) is 2. The Morgan fingerprint density at radius 2 is 1.91 bits per heavy atom. The average molecular weight is 591 g/mol. The molecule has 0 saturated carbocycles. The number of phenolic OH excluding ortho intramolecular Hbond substituents is 1. The molecule has 2 aromatic rings. The molecule has 0 fully saturated rings. The number of carbonyl (C=O) groups excluding carboxylic acids is 4. The van der Waals surface area contributed by atoms with Gasteiger partial charge in [0.1, 0.15) is 22.8 Å². The number of nitrogens with two attached hydrogens (primary N) is 1. The first-order valence-corrected chi connectivity index (χ1v) is 13.9. The lowest BCUT2D eigenvalue weighted by Crippen LogP contribution is -2.63. The van der Waals surface area contributed by atoms with Crippen molar-refractivity contribution in [2.75, 3.05) is 14.1 Å². The molecule has 5 rings (SSSR count). The van der Waals surface area contributed by atoms with Crippen LogP contribution >= 0.6 is 0 Å². The Bertz CT molecular complexity index is 1630. The van der Waals surface area contributed by atoms with Crippen molar-refractivity contribution in [2.45, 2.75) is 50.8 Å². The van der Waals surface area contributed by atoms with Crippen molar-refractivity contribution in [3.63, 3.8) is 0 Å². The van der Waals surface area contributed by atoms with Gasteiger partial charge in [0.05, 0.1) is 17.2 Å². The van der Waals surface area contributed by atoms with Crippen LogP contribution in [0.1, 0.15) is 63.6 Å². The highest BCUT2D eigenvalue weighted by Crippen LogP contribution is 2.53. The van der Waals surface area contributed by atoms with E-state index in [2.05, 4.69) is 10.3 Å². The first-order chi connectivity index (χ1) is 20.2. The van der Waals surface area contributed by atoms with Crippen LogP contribution in [0.3, 0.4) is 0 Å². The standard InChI is InChI=1S/C31H34N4O8/c1-13(2)17-9-16(12-34-30(42)14-6-5-7-33-11-14)18-8-15-10-19-23(35(3)4)26(38)22(29(32)41)28(40)31(19,43)27(39)20(15)25(37)21(18)24(17)36/h5-7,9,11,13,15,19,23,36,38-39,43H,8,10,12H2,1-4H3,(H2,32,41)(H,34,42)/t15-,19-,23-,31-/m0/s1. The van der Waals surface area contributed by atoms with Gasteiger partial charge in [-0.05, 0) is 73.7 Å². The zero-order valence-corrected chi connectivity index (χ0v) is 24.2. The van der Waals surface area contributed by atoms with Gasteiger partial charge in [0, 0.05) is 30.4 Å². The number of aromatic nitrogens is 1. The number of carbonyl (C=O) groups is 4. The third-order valence-corrected chi connectivity index (χ3v) is 8.83.